The van der Waals surface area contributed by atoms with E-state index in [9.17, 15) is 4.79 Å². The number of benzene rings is 1. The molecule has 0 unspecified atom stereocenters. The molecule has 5 nitrogen and oxygen atoms in total. The van der Waals surface area contributed by atoms with Gasteiger partial charge in [0, 0.05) is 29.6 Å². The van der Waals surface area contributed by atoms with Crippen LogP contribution in [-0.4, -0.2) is 22.4 Å². The second-order valence-corrected chi connectivity index (χ2v) is 4.05. The number of amides is 1. The lowest BCUT2D eigenvalue weighted by molar-refractivity contribution is 0.102. The van der Waals surface area contributed by atoms with Gasteiger partial charge in [-0.1, -0.05) is 11.6 Å². The molecule has 0 radical (unpaired) electrons. The Kier molecular flexibility index (Phi) is 3.84. The molecule has 0 saturated heterocycles. The normalized spacial score (nSPS) is 10.1. The van der Waals surface area contributed by atoms with Crippen molar-refractivity contribution in [1.29, 1.82) is 0 Å². The Bertz CT molecular complexity index is 539. The number of rotatable bonds is 4. The lowest BCUT2D eigenvalue weighted by Gasteiger charge is -2.10. The molecule has 1 amide bonds. The van der Waals surface area contributed by atoms with Crippen molar-refractivity contribution in [2.75, 3.05) is 17.2 Å². The smallest absolute Gasteiger partial charge is 0.260 e. The van der Waals surface area contributed by atoms with Crippen LogP contribution in [0.1, 0.15) is 17.3 Å². The van der Waals surface area contributed by atoms with Crippen molar-refractivity contribution in [2.24, 2.45) is 0 Å². The number of hydrogen-bond donors (Lipinski definition) is 3. The molecule has 2 aromatic rings. The van der Waals surface area contributed by atoms with E-state index in [1.54, 1.807) is 30.6 Å². The predicted molar refractivity (Wildman–Crippen MR) is 72.2 cm³/mol. The van der Waals surface area contributed by atoms with Gasteiger partial charge in [-0.15, -0.1) is 0 Å². The summed E-state index contributed by atoms with van der Waals surface area (Å²) < 4.78 is 0. The third kappa shape index (κ3) is 2.81. The van der Waals surface area contributed by atoms with Crippen molar-refractivity contribution in [2.45, 2.75) is 6.92 Å². The Morgan fingerprint density at radius 3 is 3.00 bits per heavy atom. The molecule has 1 aromatic carbocycles. The third-order valence-electron chi connectivity index (χ3n) is 2.32. The highest BCUT2D eigenvalue weighted by Crippen LogP contribution is 2.21. The van der Waals surface area contributed by atoms with E-state index in [2.05, 4.69) is 20.6 Å². The predicted octanol–water partition coefficient (Wildman–Crippen LogP) is 2.75. The fraction of sp³-hybridized carbons (Fsp3) is 0.167. The third-order valence-corrected chi connectivity index (χ3v) is 2.56. The van der Waals surface area contributed by atoms with Gasteiger partial charge in [-0.25, -0.2) is 4.98 Å². The second kappa shape index (κ2) is 5.55. The highest BCUT2D eigenvalue weighted by atomic mass is 35.5. The van der Waals surface area contributed by atoms with E-state index < -0.39 is 0 Å². The van der Waals surface area contributed by atoms with E-state index in [-0.39, 0.29) is 5.91 Å². The van der Waals surface area contributed by atoms with Crippen LogP contribution in [0, 0.1) is 0 Å². The number of nitrogens with zero attached hydrogens (tertiary/aromatic N) is 1. The summed E-state index contributed by atoms with van der Waals surface area (Å²) in [6, 6.07) is 5.14. The maximum absolute atomic E-state index is 12.1. The van der Waals surface area contributed by atoms with E-state index >= 15 is 0 Å². The molecule has 0 fully saturated rings. The molecule has 3 N–H and O–H groups in total. The fourth-order valence-electron chi connectivity index (χ4n) is 1.56. The molecular weight excluding hydrogens is 252 g/mol. The second-order valence-electron chi connectivity index (χ2n) is 3.61. The van der Waals surface area contributed by atoms with Crippen molar-refractivity contribution in [3.8, 4) is 0 Å². The van der Waals surface area contributed by atoms with Gasteiger partial charge in [0.15, 0.2) is 0 Å². The number of nitrogens with one attached hydrogen (secondary N) is 3. The van der Waals surface area contributed by atoms with Gasteiger partial charge in [-0.2, -0.15) is 0 Å². The van der Waals surface area contributed by atoms with Crippen molar-refractivity contribution in [3.63, 3.8) is 0 Å². The van der Waals surface area contributed by atoms with Crippen LogP contribution in [0.4, 0.5) is 11.6 Å². The molecule has 0 atom stereocenters. The van der Waals surface area contributed by atoms with Gasteiger partial charge >= 0.3 is 0 Å². The Morgan fingerprint density at radius 1 is 1.50 bits per heavy atom. The summed E-state index contributed by atoms with van der Waals surface area (Å²) in [5, 5.41) is 6.29. The van der Waals surface area contributed by atoms with Gasteiger partial charge in [-0.3, -0.25) is 10.1 Å². The van der Waals surface area contributed by atoms with Gasteiger partial charge in [-0.05, 0) is 25.1 Å². The summed E-state index contributed by atoms with van der Waals surface area (Å²) in [5.41, 5.74) is 1.23. The molecule has 94 valence electrons. The number of aromatic nitrogens is 2. The van der Waals surface area contributed by atoms with E-state index in [1.807, 2.05) is 6.92 Å². The highest BCUT2D eigenvalue weighted by Gasteiger charge is 2.12. The Hall–Kier alpha value is -2.01. The number of anilines is 2. The molecule has 0 saturated carbocycles. The number of carbonyl (C=O) groups excluding carboxylic acids is 1. The lowest BCUT2D eigenvalue weighted by Crippen LogP contribution is -2.15. The van der Waals surface area contributed by atoms with Gasteiger partial charge in [0.1, 0.15) is 0 Å². The minimum absolute atomic E-state index is 0.261. The molecule has 0 aliphatic heterocycles. The zero-order valence-corrected chi connectivity index (χ0v) is 10.6. The van der Waals surface area contributed by atoms with Crippen molar-refractivity contribution in [1.82, 2.24) is 9.97 Å². The number of H-pyrrole nitrogens is 1. The summed E-state index contributed by atoms with van der Waals surface area (Å²) in [6.45, 7) is 2.69. The van der Waals surface area contributed by atoms with Crippen LogP contribution in [-0.2, 0) is 0 Å². The molecule has 2 rings (SSSR count). The molecule has 1 aromatic heterocycles. The largest absolute Gasteiger partial charge is 0.385 e. The minimum Gasteiger partial charge on any atom is -0.385 e. The quantitative estimate of drug-likeness (QED) is 0.795. The molecule has 0 bridgehead atoms. The van der Waals surface area contributed by atoms with E-state index in [0.29, 0.717) is 16.5 Å². The van der Waals surface area contributed by atoms with Crippen LogP contribution in [0.5, 0.6) is 0 Å². The van der Waals surface area contributed by atoms with Gasteiger partial charge in [0.25, 0.3) is 5.91 Å². The van der Waals surface area contributed by atoms with Crippen LogP contribution >= 0.6 is 11.6 Å². The van der Waals surface area contributed by atoms with E-state index in [0.717, 1.165) is 12.2 Å². The first kappa shape index (κ1) is 12.4. The van der Waals surface area contributed by atoms with Crippen molar-refractivity contribution >= 4 is 29.1 Å². The first-order valence-electron chi connectivity index (χ1n) is 5.55. The lowest BCUT2D eigenvalue weighted by atomic mass is 10.1. The monoisotopic (exact) mass is 264 g/mol. The minimum atomic E-state index is -0.261. The Labute approximate surface area is 110 Å². The molecule has 18 heavy (non-hydrogen) atoms. The average Bonchev–Trinajstić information content (AvgIpc) is 2.84. The maximum Gasteiger partial charge on any atom is 0.260 e. The number of carbonyl (C=O) groups is 1. The average molecular weight is 265 g/mol. The summed E-state index contributed by atoms with van der Waals surface area (Å²) >= 11 is 5.91. The van der Waals surface area contributed by atoms with Crippen LogP contribution in [0.3, 0.4) is 0 Å². The standard InChI is InChI=1S/C12H13ClN4O/c1-2-14-10-4-3-8(13)7-9(10)11(18)17-12-15-5-6-16-12/h3-7,14H,2H2,1H3,(H2,15,16,17,18). The summed E-state index contributed by atoms with van der Waals surface area (Å²) in [7, 11) is 0. The first-order valence-corrected chi connectivity index (χ1v) is 5.92. The molecule has 0 aliphatic rings. The number of aromatic amines is 1. The SMILES string of the molecule is CCNc1ccc(Cl)cc1C(=O)Nc1ncc[nH]1. The highest BCUT2D eigenvalue weighted by molar-refractivity contribution is 6.31. The maximum atomic E-state index is 12.1. The molecular formula is C12H13ClN4O. The number of imidazole rings is 1. The Morgan fingerprint density at radius 2 is 2.33 bits per heavy atom. The summed E-state index contributed by atoms with van der Waals surface area (Å²) in [6.07, 6.45) is 3.21. The zero-order chi connectivity index (χ0) is 13.0. The first-order chi connectivity index (χ1) is 8.70. The van der Waals surface area contributed by atoms with E-state index in [4.69, 9.17) is 11.6 Å². The summed E-state index contributed by atoms with van der Waals surface area (Å²) in [4.78, 5) is 18.8. The zero-order valence-electron chi connectivity index (χ0n) is 9.83. The van der Waals surface area contributed by atoms with Crippen LogP contribution in [0.25, 0.3) is 0 Å². The van der Waals surface area contributed by atoms with Crippen molar-refractivity contribution < 1.29 is 4.79 Å². The van der Waals surface area contributed by atoms with Crippen LogP contribution < -0.4 is 10.6 Å². The molecule has 0 aliphatic carbocycles. The molecule has 0 spiro atoms. The van der Waals surface area contributed by atoms with Gasteiger partial charge in [0.05, 0.1) is 5.56 Å². The summed E-state index contributed by atoms with van der Waals surface area (Å²) in [5.74, 6) is 0.144. The Balaban J connectivity index is 2.25. The van der Waals surface area contributed by atoms with Crippen LogP contribution in [0.15, 0.2) is 30.6 Å². The molecule has 6 heteroatoms. The van der Waals surface area contributed by atoms with E-state index in [1.165, 1.54) is 0 Å². The van der Waals surface area contributed by atoms with Gasteiger partial charge < -0.3 is 10.3 Å². The number of hydrogen-bond acceptors (Lipinski definition) is 3. The van der Waals surface area contributed by atoms with Crippen LogP contribution in [0.2, 0.25) is 5.02 Å². The topological polar surface area (TPSA) is 69.8 Å². The fourth-order valence-corrected chi connectivity index (χ4v) is 1.73. The van der Waals surface area contributed by atoms with Gasteiger partial charge in [0.2, 0.25) is 5.95 Å². The van der Waals surface area contributed by atoms with Crippen molar-refractivity contribution in [3.05, 3.63) is 41.2 Å². The molecule has 1 heterocycles. The number of halogens is 1.